The van der Waals surface area contributed by atoms with Crippen LogP contribution in [0.25, 0.3) is 0 Å². The number of oxime groups is 2. The molecule has 0 unspecified atom stereocenters. The zero-order valence-electron chi connectivity index (χ0n) is 16.6. The minimum Gasteiger partial charge on any atom is -0.398 e. The Bertz CT molecular complexity index is 930. The fourth-order valence-electron chi connectivity index (χ4n) is 2.56. The summed E-state index contributed by atoms with van der Waals surface area (Å²) < 4.78 is 25.7. The lowest BCUT2D eigenvalue weighted by molar-refractivity contribution is -0.114. The number of hydrogen-bond acceptors (Lipinski definition) is 6. The number of nitrogens with zero attached hydrogens (tertiary/aromatic N) is 3. The molecule has 0 saturated heterocycles. The van der Waals surface area contributed by atoms with Crippen LogP contribution in [0.3, 0.4) is 0 Å². The second kappa shape index (κ2) is 10.3. The lowest BCUT2D eigenvalue weighted by Gasteiger charge is -2.13. The molecule has 29 heavy (non-hydrogen) atoms. The summed E-state index contributed by atoms with van der Waals surface area (Å²) in [4.78, 5) is 26.4. The number of aryl methyl sites for hydroxylation is 1. The number of hydrogen-bond donors (Lipinski definition) is 1. The van der Waals surface area contributed by atoms with E-state index in [9.17, 15) is 13.6 Å². The van der Waals surface area contributed by atoms with Crippen molar-refractivity contribution in [3.05, 3.63) is 64.5 Å². The molecule has 0 radical (unpaired) electrons. The number of amides is 1. The molecule has 0 bridgehead atoms. The number of likely N-dealkylation sites (N-methyl/N-ethyl adjacent to an activating group) is 1. The molecule has 0 aliphatic rings. The molecular formula is C20H22F2N4O3. The van der Waals surface area contributed by atoms with Crippen LogP contribution in [0.5, 0.6) is 0 Å². The molecule has 154 valence electrons. The van der Waals surface area contributed by atoms with Crippen molar-refractivity contribution < 1.29 is 23.3 Å². The lowest BCUT2D eigenvalue weighted by atomic mass is 9.98. The van der Waals surface area contributed by atoms with E-state index in [0.29, 0.717) is 22.5 Å². The van der Waals surface area contributed by atoms with Crippen LogP contribution in [0.4, 0.5) is 8.78 Å². The summed E-state index contributed by atoms with van der Waals surface area (Å²) in [5.74, 6) is -0.411. The van der Waals surface area contributed by atoms with Gasteiger partial charge in [-0.25, -0.2) is 8.78 Å². The van der Waals surface area contributed by atoms with Crippen LogP contribution in [0.2, 0.25) is 0 Å². The van der Waals surface area contributed by atoms with E-state index in [1.807, 2.05) is 13.0 Å². The van der Waals surface area contributed by atoms with E-state index in [4.69, 9.17) is 9.68 Å². The van der Waals surface area contributed by atoms with Crippen LogP contribution in [0.15, 0.2) is 46.8 Å². The zero-order chi connectivity index (χ0) is 21.4. The summed E-state index contributed by atoms with van der Waals surface area (Å²) in [6, 6.07) is 7.89. The lowest BCUT2D eigenvalue weighted by Crippen LogP contribution is -2.29. The topological polar surface area (TPSA) is 85.2 Å². The van der Waals surface area contributed by atoms with Crippen LogP contribution in [0, 0.1) is 6.92 Å². The summed E-state index contributed by atoms with van der Waals surface area (Å²) in [6.45, 7) is 3.51. The van der Waals surface area contributed by atoms with Gasteiger partial charge in [-0.05, 0) is 31.5 Å². The van der Waals surface area contributed by atoms with Crippen LogP contribution < -0.4 is 5.32 Å². The molecule has 1 aromatic carbocycles. The summed E-state index contributed by atoms with van der Waals surface area (Å²) >= 11 is 0. The highest BCUT2D eigenvalue weighted by molar-refractivity contribution is 6.45. The largest absolute Gasteiger partial charge is 0.398 e. The molecule has 2 rings (SSSR count). The van der Waals surface area contributed by atoms with Crippen molar-refractivity contribution in [2.24, 2.45) is 10.3 Å². The predicted molar refractivity (Wildman–Crippen MR) is 105 cm³/mol. The Morgan fingerprint density at radius 3 is 2.69 bits per heavy atom. The van der Waals surface area contributed by atoms with Gasteiger partial charge in [0.15, 0.2) is 5.71 Å². The Kier molecular flexibility index (Phi) is 7.76. The average molecular weight is 404 g/mol. The number of carbonyl (C=O) groups excluding carboxylic acids is 1. The number of aromatic nitrogens is 1. The van der Waals surface area contributed by atoms with Gasteiger partial charge in [-0.1, -0.05) is 28.5 Å². The molecule has 0 saturated carbocycles. The normalized spacial score (nSPS) is 12.1. The SMILES string of the molecule is CNC(=O)/C(=N/OC)c1cccc(C)c1CO/N=C(\C)c1cc(C(F)F)ccn1. The molecule has 7 nitrogen and oxygen atoms in total. The first-order valence-electron chi connectivity index (χ1n) is 8.72. The van der Waals surface area contributed by atoms with Crippen molar-refractivity contribution in [2.45, 2.75) is 26.9 Å². The molecule has 1 N–H and O–H groups in total. The highest BCUT2D eigenvalue weighted by Crippen LogP contribution is 2.20. The van der Waals surface area contributed by atoms with Gasteiger partial charge >= 0.3 is 0 Å². The Morgan fingerprint density at radius 1 is 1.28 bits per heavy atom. The molecule has 1 heterocycles. The van der Waals surface area contributed by atoms with Crippen LogP contribution in [0.1, 0.15) is 41.3 Å². The Balaban J connectivity index is 2.27. The number of halogens is 2. The van der Waals surface area contributed by atoms with Gasteiger partial charge in [0.1, 0.15) is 19.4 Å². The number of alkyl halides is 2. The number of benzene rings is 1. The Hall–Kier alpha value is -3.36. The third kappa shape index (κ3) is 5.56. The van der Waals surface area contributed by atoms with Crippen molar-refractivity contribution in [3.8, 4) is 0 Å². The first kappa shape index (κ1) is 21.9. The number of nitrogens with one attached hydrogen (secondary N) is 1. The second-order valence-electron chi connectivity index (χ2n) is 6.03. The van der Waals surface area contributed by atoms with Crippen LogP contribution >= 0.6 is 0 Å². The summed E-state index contributed by atoms with van der Waals surface area (Å²) in [7, 11) is 2.84. The Labute approximate surface area is 167 Å². The first-order valence-corrected chi connectivity index (χ1v) is 8.72. The van der Waals surface area contributed by atoms with Gasteiger partial charge in [-0.3, -0.25) is 9.78 Å². The molecule has 0 atom stereocenters. The number of carbonyl (C=O) groups is 1. The highest BCUT2D eigenvalue weighted by Gasteiger charge is 2.19. The molecule has 0 fully saturated rings. The molecular weight excluding hydrogens is 382 g/mol. The van der Waals surface area contributed by atoms with E-state index in [0.717, 1.165) is 5.56 Å². The molecule has 1 amide bonds. The predicted octanol–water partition coefficient (Wildman–Crippen LogP) is 3.36. The van der Waals surface area contributed by atoms with E-state index in [1.165, 1.54) is 32.5 Å². The van der Waals surface area contributed by atoms with Gasteiger partial charge in [0.05, 0.1) is 5.69 Å². The average Bonchev–Trinajstić information content (AvgIpc) is 2.72. The smallest absolute Gasteiger partial charge is 0.273 e. The van der Waals surface area contributed by atoms with E-state index in [-0.39, 0.29) is 17.9 Å². The van der Waals surface area contributed by atoms with E-state index in [1.54, 1.807) is 19.1 Å². The second-order valence-corrected chi connectivity index (χ2v) is 6.03. The Morgan fingerprint density at radius 2 is 2.03 bits per heavy atom. The third-order valence-electron chi connectivity index (χ3n) is 4.11. The van der Waals surface area contributed by atoms with Crippen molar-refractivity contribution in [2.75, 3.05) is 14.2 Å². The molecule has 0 aliphatic carbocycles. The summed E-state index contributed by atoms with van der Waals surface area (Å²) in [5, 5.41) is 10.3. The molecule has 2 aromatic rings. The van der Waals surface area contributed by atoms with Gasteiger partial charge in [0.25, 0.3) is 12.3 Å². The molecule has 0 spiro atoms. The van der Waals surface area contributed by atoms with Crippen molar-refractivity contribution in [1.82, 2.24) is 10.3 Å². The maximum Gasteiger partial charge on any atom is 0.273 e. The van der Waals surface area contributed by atoms with E-state index < -0.39 is 12.3 Å². The van der Waals surface area contributed by atoms with Gasteiger partial charge < -0.3 is 15.0 Å². The van der Waals surface area contributed by atoms with Gasteiger partial charge in [0.2, 0.25) is 0 Å². The van der Waals surface area contributed by atoms with Crippen molar-refractivity contribution in [3.63, 3.8) is 0 Å². The minimum absolute atomic E-state index is 0.0353. The maximum absolute atomic E-state index is 12.9. The zero-order valence-corrected chi connectivity index (χ0v) is 16.6. The first-order chi connectivity index (χ1) is 13.9. The van der Waals surface area contributed by atoms with E-state index in [2.05, 4.69) is 20.6 Å². The quantitative estimate of drug-likeness (QED) is 0.540. The van der Waals surface area contributed by atoms with Gasteiger partial charge in [0, 0.05) is 29.9 Å². The van der Waals surface area contributed by atoms with E-state index >= 15 is 0 Å². The van der Waals surface area contributed by atoms with Crippen molar-refractivity contribution in [1.29, 1.82) is 0 Å². The van der Waals surface area contributed by atoms with Crippen LogP contribution in [-0.2, 0) is 21.1 Å². The third-order valence-corrected chi connectivity index (χ3v) is 4.11. The summed E-state index contributed by atoms with van der Waals surface area (Å²) in [5.41, 5.74) is 2.69. The number of rotatable bonds is 8. The van der Waals surface area contributed by atoms with Gasteiger partial charge in [-0.2, -0.15) is 0 Å². The fraction of sp³-hybridized carbons (Fsp3) is 0.300. The minimum atomic E-state index is -2.59. The molecule has 0 aliphatic heterocycles. The van der Waals surface area contributed by atoms with Crippen molar-refractivity contribution >= 4 is 17.3 Å². The summed E-state index contributed by atoms with van der Waals surface area (Å²) in [6.07, 6.45) is -1.30. The van der Waals surface area contributed by atoms with Crippen LogP contribution in [-0.4, -0.2) is 36.5 Å². The fourth-order valence-corrected chi connectivity index (χ4v) is 2.56. The standard InChI is InChI=1S/C20H22F2N4O3/c1-12-6-5-7-15(18(26-28-4)20(27)23-3)16(12)11-29-25-13(2)17-10-14(19(21)22)8-9-24-17/h5-10,19H,11H2,1-4H3,(H,23,27)/b25-13+,26-18+. The highest BCUT2D eigenvalue weighted by atomic mass is 19.3. The van der Waals surface area contributed by atoms with Gasteiger partial charge in [-0.15, -0.1) is 0 Å². The maximum atomic E-state index is 12.9. The monoisotopic (exact) mass is 404 g/mol. The number of pyridine rings is 1. The molecule has 9 heteroatoms. The molecule has 1 aromatic heterocycles.